The van der Waals surface area contributed by atoms with E-state index in [0.717, 1.165) is 0 Å². The first-order valence-corrected chi connectivity index (χ1v) is 5.65. The molecule has 0 aromatic heterocycles. The van der Waals surface area contributed by atoms with Crippen molar-refractivity contribution in [1.29, 1.82) is 0 Å². The third-order valence-corrected chi connectivity index (χ3v) is 2.90. The quantitative estimate of drug-likeness (QED) is 0.653. The molecule has 0 unspecified atom stereocenters. The van der Waals surface area contributed by atoms with Gasteiger partial charge in [0.15, 0.2) is 0 Å². The summed E-state index contributed by atoms with van der Waals surface area (Å²) >= 11 is 0. The van der Waals surface area contributed by atoms with Crippen molar-refractivity contribution < 1.29 is 0 Å². The first-order valence-electron chi connectivity index (χ1n) is 5.65. The van der Waals surface area contributed by atoms with E-state index in [2.05, 4.69) is 64.1 Å². The normalized spacial score (nSPS) is 10.5. The van der Waals surface area contributed by atoms with Gasteiger partial charge in [-0.2, -0.15) is 0 Å². The molecule has 2 aromatic carbocycles. The van der Waals surface area contributed by atoms with Gasteiger partial charge < -0.3 is 0 Å². The molecule has 0 heterocycles. The zero-order valence-electron chi connectivity index (χ0n) is 10.4. The van der Waals surface area contributed by atoms with Crippen LogP contribution in [0.3, 0.4) is 0 Å². The topological polar surface area (TPSA) is 0 Å². The lowest BCUT2D eigenvalue weighted by atomic mass is 9.93. The Hall–Kier alpha value is -1.56. The molecule has 0 nitrogen and oxygen atoms in total. The number of benzene rings is 2. The van der Waals surface area contributed by atoms with Gasteiger partial charge in [-0.15, -0.1) is 0 Å². The molecule has 0 aliphatic rings. The molecule has 1 radical (unpaired) electrons. The van der Waals surface area contributed by atoms with Crippen molar-refractivity contribution in [3.8, 4) is 11.1 Å². The fourth-order valence-corrected chi connectivity index (χ4v) is 2.27. The van der Waals surface area contributed by atoms with Crippen molar-refractivity contribution in [3.05, 3.63) is 58.7 Å². The molecular formula is C16H17. The zero-order valence-corrected chi connectivity index (χ0v) is 10.4. The first kappa shape index (κ1) is 10.9. The molecular weight excluding hydrogens is 192 g/mol. The van der Waals surface area contributed by atoms with Gasteiger partial charge in [0.1, 0.15) is 0 Å². The summed E-state index contributed by atoms with van der Waals surface area (Å²) in [6.45, 7) is 8.56. The van der Waals surface area contributed by atoms with Gasteiger partial charge in [-0.25, -0.2) is 0 Å². The Morgan fingerprint density at radius 3 is 2.06 bits per heavy atom. The van der Waals surface area contributed by atoms with Crippen LogP contribution in [0.5, 0.6) is 0 Å². The fourth-order valence-electron chi connectivity index (χ4n) is 2.27. The van der Waals surface area contributed by atoms with E-state index in [4.69, 9.17) is 0 Å². The Morgan fingerprint density at radius 1 is 0.875 bits per heavy atom. The van der Waals surface area contributed by atoms with Gasteiger partial charge in [0.25, 0.3) is 0 Å². The Morgan fingerprint density at radius 2 is 1.50 bits per heavy atom. The molecule has 0 spiro atoms. The van der Waals surface area contributed by atoms with Crippen molar-refractivity contribution in [2.45, 2.75) is 27.7 Å². The summed E-state index contributed by atoms with van der Waals surface area (Å²) in [5.74, 6) is 0. The predicted molar refractivity (Wildman–Crippen MR) is 69.7 cm³/mol. The summed E-state index contributed by atoms with van der Waals surface area (Å²) in [5, 5.41) is 0. The Bertz CT molecular complexity index is 481. The van der Waals surface area contributed by atoms with Crippen LogP contribution in [0, 0.1) is 33.8 Å². The highest BCUT2D eigenvalue weighted by molar-refractivity contribution is 5.71. The Labute approximate surface area is 97.9 Å². The van der Waals surface area contributed by atoms with E-state index in [1.807, 2.05) is 0 Å². The van der Waals surface area contributed by atoms with Gasteiger partial charge >= 0.3 is 0 Å². The molecule has 0 aliphatic heterocycles. The summed E-state index contributed by atoms with van der Waals surface area (Å²) in [4.78, 5) is 0. The third kappa shape index (κ3) is 2.01. The molecule has 0 bridgehead atoms. The molecule has 0 amide bonds. The monoisotopic (exact) mass is 209 g/mol. The van der Waals surface area contributed by atoms with Gasteiger partial charge in [0.05, 0.1) is 0 Å². The van der Waals surface area contributed by atoms with Crippen LogP contribution >= 0.6 is 0 Å². The summed E-state index contributed by atoms with van der Waals surface area (Å²) in [6.07, 6.45) is 0. The van der Waals surface area contributed by atoms with Crippen LogP contribution in [0.2, 0.25) is 0 Å². The van der Waals surface area contributed by atoms with Crippen LogP contribution in [0.25, 0.3) is 11.1 Å². The second kappa shape index (κ2) is 4.13. The van der Waals surface area contributed by atoms with Gasteiger partial charge in [0, 0.05) is 0 Å². The lowest BCUT2D eigenvalue weighted by Crippen LogP contribution is -1.90. The Kier molecular flexibility index (Phi) is 2.82. The van der Waals surface area contributed by atoms with E-state index in [1.165, 1.54) is 33.4 Å². The van der Waals surface area contributed by atoms with Crippen molar-refractivity contribution in [1.82, 2.24) is 0 Å². The summed E-state index contributed by atoms with van der Waals surface area (Å²) in [6, 6.07) is 14.2. The Balaban J connectivity index is 2.67. The first-order chi connectivity index (χ1) is 7.58. The molecule has 0 N–H and O–H groups in total. The zero-order chi connectivity index (χ0) is 11.7. The third-order valence-electron chi connectivity index (χ3n) is 2.90. The standard InChI is InChI=1S/C16H17/c1-11-8-12(2)10-15(9-11)16-13(3)6-5-7-14(16)4/h5-9H,1-4H3. The van der Waals surface area contributed by atoms with Gasteiger partial charge in [-0.1, -0.05) is 35.9 Å². The van der Waals surface area contributed by atoms with Crippen molar-refractivity contribution in [3.63, 3.8) is 0 Å². The van der Waals surface area contributed by atoms with Crippen LogP contribution in [-0.4, -0.2) is 0 Å². The van der Waals surface area contributed by atoms with Crippen LogP contribution in [0.1, 0.15) is 22.3 Å². The average Bonchev–Trinajstić information content (AvgIpc) is 2.15. The van der Waals surface area contributed by atoms with E-state index < -0.39 is 0 Å². The highest BCUT2D eigenvalue weighted by atomic mass is 14.1. The smallest absolute Gasteiger partial charge is 0.00668 e. The maximum atomic E-state index is 3.45. The SMILES string of the molecule is Cc1[c]c(-c2c(C)cccc2C)cc(C)c1. The van der Waals surface area contributed by atoms with E-state index >= 15 is 0 Å². The molecule has 0 aliphatic carbocycles. The predicted octanol–water partition coefficient (Wildman–Crippen LogP) is 4.39. The van der Waals surface area contributed by atoms with Crippen LogP contribution < -0.4 is 0 Å². The maximum absolute atomic E-state index is 3.45. The van der Waals surface area contributed by atoms with Gasteiger partial charge in [-0.05, 0) is 61.6 Å². The molecule has 0 atom stereocenters. The summed E-state index contributed by atoms with van der Waals surface area (Å²) in [5.41, 5.74) is 7.69. The molecule has 2 rings (SSSR count). The van der Waals surface area contributed by atoms with E-state index in [1.54, 1.807) is 0 Å². The van der Waals surface area contributed by atoms with Crippen molar-refractivity contribution >= 4 is 0 Å². The number of aryl methyl sites for hydroxylation is 4. The molecule has 0 fully saturated rings. The van der Waals surface area contributed by atoms with Crippen LogP contribution in [-0.2, 0) is 0 Å². The molecule has 2 aromatic rings. The minimum atomic E-state index is 1.21. The lowest BCUT2D eigenvalue weighted by molar-refractivity contribution is 1.33. The number of hydrogen-bond donors (Lipinski definition) is 0. The number of rotatable bonds is 1. The molecule has 0 heteroatoms. The fraction of sp³-hybridized carbons (Fsp3) is 0.250. The highest BCUT2D eigenvalue weighted by Gasteiger charge is 2.06. The van der Waals surface area contributed by atoms with E-state index in [0.29, 0.717) is 0 Å². The second-order valence-electron chi connectivity index (χ2n) is 4.52. The molecule has 16 heavy (non-hydrogen) atoms. The summed E-state index contributed by atoms with van der Waals surface area (Å²) in [7, 11) is 0. The second-order valence-corrected chi connectivity index (χ2v) is 4.52. The lowest BCUT2D eigenvalue weighted by Gasteiger charge is -2.11. The molecule has 81 valence electrons. The van der Waals surface area contributed by atoms with Crippen molar-refractivity contribution in [2.75, 3.05) is 0 Å². The van der Waals surface area contributed by atoms with Gasteiger partial charge in [0.2, 0.25) is 0 Å². The largest absolute Gasteiger partial charge is 0.0617 e. The molecule has 0 saturated carbocycles. The van der Waals surface area contributed by atoms with Crippen LogP contribution in [0.15, 0.2) is 30.3 Å². The summed E-state index contributed by atoms with van der Waals surface area (Å²) < 4.78 is 0. The minimum Gasteiger partial charge on any atom is -0.0617 e. The van der Waals surface area contributed by atoms with Crippen LogP contribution in [0.4, 0.5) is 0 Å². The van der Waals surface area contributed by atoms with E-state index in [-0.39, 0.29) is 0 Å². The maximum Gasteiger partial charge on any atom is -0.00668 e. The molecule has 0 saturated heterocycles. The highest BCUT2D eigenvalue weighted by Crippen LogP contribution is 2.28. The number of hydrogen-bond acceptors (Lipinski definition) is 0. The van der Waals surface area contributed by atoms with Crippen molar-refractivity contribution in [2.24, 2.45) is 0 Å². The van der Waals surface area contributed by atoms with E-state index in [9.17, 15) is 0 Å². The van der Waals surface area contributed by atoms with Gasteiger partial charge in [-0.3, -0.25) is 0 Å². The average molecular weight is 209 g/mol. The minimum absolute atomic E-state index is 1.21.